The zero-order chi connectivity index (χ0) is 48.1. The van der Waals surface area contributed by atoms with Crippen LogP contribution in [0.1, 0.15) is 126 Å². The van der Waals surface area contributed by atoms with Gasteiger partial charge in [0.05, 0.1) is 23.0 Å². The summed E-state index contributed by atoms with van der Waals surface area (Å²) in [6.45, 7) is 5.08. The molecule has 7 N–H and O–H groups in total. The normalized spacial score (nSPS) is 25.9. The lowest BCUT2D eigenvalue weighted by Gasteiger charge is -2.42. The van der Waals surface area contributed by atoms with E-state index in [1.165, 1.54) is 11.6 Å². The Kier molecular flexibility index (Phi) is 12.5. The minimum atomic E-state index is -0.983. The van der Waals surface area contributed by atoms with Crippen LogP contribution in [0.15, 0.2) is 69.9 Å². The SMILES string of the molecule is CC(C)Cc1cc(-c2oc3cc(O)c4c(c3c(=O)c2O)OC2CC3c5c-4cc4c6c(ccc(c56)C(SSCCCC2O)C3O)C=CC4CCO)c2c(c1O)Cc1cccc(c1)C1NCCCC1SSC2. The van der Waals surface area contributed by atoms with E-state index in [1.54, 1.807) is 32.4 Å². The molecule has 0 radical (unpaired) electrons. The molecule has 0 saturated carbocycles. The fraction of sp³-hybridized carbons (Fsp3) is 0.411. The molecule has 4 aliphatic heterocycles. The van der Waals surface area contributed by atoms with Crippen molar-refractivity contribution in [1.82, 2.24) is 5.32 Å². The maximum atomic E-state index is 15.4. The molecular weight excluding hydrogens is 959 g/mol. The third-order valence-corrected chi connectivity index (χ3v) is 21.2. The fourth-order valence-corrected chi connectivity index (χ4v) is 18.2. The summed E-state index contributed by atoms with van der Waals surface area (Å²) in [6, 6.07) is 18.3. The Morgan fingerprint density at radius 2 is 1.76 bits per heavy atom. The number of rotatable bonds is 5. The van der Waals surface area contributed by atoms with Gasteiger partial charge in [0, 0.05) is 64.9 Å². The molecule has 5 heterocycles. The number of benzene rings is 5. The molecule has 2 fully saturated rings. The lowest BCUT2D eigenvalue weighted by molar-refractivity contribution is 0.00975. The molecule has 70 heavy (non-hydrogen) atoms. The number of fused-ring (bicyclic) bond motifs is 12. The van der Waals surface area contributed by atoms with E-state index in [9.17, 15) is 30.6 Å². The van der Waals surface area contributed by atoms with Crippen molar-refractivity contribution in [2.24, 2.45) is 5.92 Å². The molecule has 6 aromatic rings. The molecule has 8 unspecified atom stereocenters. The Morgan fingerprint density at radius 3 is 2.60 bits per heavy atom. The van der Waals surface area contributed by atoms with E-state index in [4.69, 9.17) is 9.15 Å². The number of allylic oxidation sites excluding steroid dienone is 1. The third-order valence-electron chi connectivity index (χ3n) is 15.6. The average Bonchev–Trinajstić information content (AvgIpc) is 3.37. The molecule has 0 spiro atoms. The molecule has 5 aromatic carbocycles. The number of hydrogen-bond acceptors (Lipinski definition) is 14. The van der Waals surface area contributed by atoms with Crippen molar-refractivity contribution in [2.45, 2.75) is 118 Å². The summed E-state index contributed by atoms with van der Waals surface area (Å²) in [5.74, 6) is 0.00555. The van der Waals surface area contributed by atoms with Crippen LogP contribution in [0.5, 0.6) is 23.0 Å². The number of aromatic hydroxyl groups is 3. The molecule has 2 aliphatic carbocycles. The molecule has 10 nitrogen and oxygen atoms in total. The van der Waals surface area contributed by atoms with Crippen molar-refractivity contribution in [3.63, 3.8) is 0 Å². The highest BCUT2D eigenvalue weighted by molar-refractivity contribution is 8.77. The van der Waals surface area contributed by atoms with Crippen LogP contribution in [0, 0.1) is 5.92 Å². The molecule has 0 amide bonds. The smallest absolute Gasteiger partial charge is 0.238 e. The molecule has 364 valence electrons. The van der Waals surface area contributed by atoms with E-state index in [2.05, 4.69) is 67.7 Å². The number of nitrogens with one attached hydrogen (secondary N) is 1. The lowest BCUT2D eigenvalue weighted by Crippen LogP contribution is -2.39. The molecule has 12 rings (SSSR count). The van der Waals surface area contributed by atoms with Gasteiger partial charge >= 0.3 is 0 Å². The van der Waals surface area contributed by atoms with Crippen LogP contribution in [0.3, 0.4) is 0 Å². The van der Waals surface area contributed by atoms with Crippen LogP contribution in [-0.4, -0.2) is 73.1 Å². The van der Waals surface area contributed by atoms with E-state index in [1.807, 2.05) is 22.9 Å². The zero-order valence-corrected chi connectivity index (χ0v) is 42.3. The Balaban J connectivity index is 1.11. The summed E-state index contributed by atoms with van der Waals surface area (Å²) in [5, 5.41) is 78.0. The van der Waals surface area contributed by atoms with Gasteiger partial charge in [0.2, 0.25) is 11.2 Å². The third kappa shape index (κ3) is 7.77. The molecule has 8 atom stereocenters. The number of ether oxygens (including phenoxy) is 1. The monoisotopic (exact) mass is 1020 g/mol. The topological polar surface area (TPSA) is 173 Å². The summed E-state index contributed by atoms with van der Waals surface area (Å²) in [7, 11) is 6.86. The van der Waals surface area contributed by atoms with Gasteiger partial charge in [0.1, 0.15) is 34.3 Å². The van der Waals surface area contributed by atoms with Crippen LogP contribution < -0.4 is 15.5 Å². The van der Waals surface area contributed by atoms with Crippen LogP contribution in [0.4, 0.5) is 0 Å². The first-order valence-electron chi connectivity index (χ1n) is 24.8. The van der Waals surface area contributed by atoms with E-state index >= 15 is 4.79 Å². The van der Waals surface area contributed by atoms with E-state index < -0.39 is 35.4 Å². The predicted molar refractivity (Wildman–Crippen MR) is 286 cm³/mol. The first-order valence-corrected chi connectivity index (χ1v) is 29.5. The van der Waals surface area contributed by atoms with E-state index in [0.29, 0.717) is 65.4 Å². The number of phenols is 2. The average molecular weight is 1020 g/mol. The number of piperidine rings is 1. The Morgan fingerprint density at radius 1 is 0.886 bits per heavy atom. The summed E-state index contributed by atoms with van der Waals surface area (Å²) >= 11 is 0. The van der Waals surface area contributed by atoms with Gasteiger partial charge in [-0.15, -0.1) is 0 Å². The highest BCUT2D eigenvalue weighted by Gasteiger charge is 2.46. The van der Waals surface area contributed by atoms with Crippen molar-refractivity contribution in [3.05, 3.63) is 121 Å². The first kappa shape index (κ1) is 46.8. The Hall–Kier alpha value is -4.25. The zero-order valence-electron chi connectivity index (χ0n) is 39.1. The summed E-state index contributed by atoms with van der Waals surface area (Å²) < 4.78 is 13.8. The van der Waals surface area contributed by atoms with E-state index in [0.717, 1.165) is 69.3 Å². The van der Waals surface area contributed by atoms with Gasteiger partial charge in [-0.1, -0.05) is 106 Å². The maximum absolute atomic E-state index is 15.4. The van der Waals surface area contributed by atoms with E-state index in [-0.39, 0.29) is 75.7 Å². The standard InChI is InChI=1S/C56H57NO9S4/c1-26(2)18-31-21-35(38-25-68-69-43-9-4-15-57-49(43)30-7-3-6-27(19-30)20-34(38)50(31)61)54-53(64)52(63)48-42(66-54)24-40(60)46-36-22-33-28(14-16-58)10-11-29-12-13-32-47(44(29)33)45(36)37-23-41(65-55(46)48)39(59)8-5-17-67-70-56(32)51(37)62/h3,6-7,10-13,19,21-22,24,26,28,37,39,41,43,49,51,56-62,64H,4-5,8-9,14-18,20,23,25H2,1-2H3. The second kappa shape index (κ2) is 18.7. The van der Waals surface area contributed by atoms with Gasteiger partial charge in [-0.05, 0) is 130 Å². The maximum Gasteiger partial charge on any atom is 0.238 e. The van der Waals surface area contributed by atoms with Gasteiger partial charge in [-0.3, -0.25) is 4.79 Å². The minimum absolute atomic E-state index is 0.000167. The summed E-state index contributed by atoms with van der Waals surface area (Å²) in [6.07, 6.45) is 6.34. The van der Waals surface area contributed by atoms with Gasteiger partial charge in [-0.2, -0.15) is 0 Å². The van der Waals surface area contributed by atoms with Gasteiger partial charge in [-0.25, -0.2) is 0 Å². The Bertz CT molecular complexity index is 3190. The number of hydrogen-bond donors (Lipinski definition) is 7. The van der Waals surface area contributed by atoms with Crippen LogP contribution >= 0.6 is 43.2 Å². The predicted octanol–water partition coefficient (Wildman–Crippen LogP) is 11.6. The quantitative estimate of drug-likeness (QED) is 0.0813. The minimum Gasteiger partial charge on any atom is -0.507 e. The number of aliphatic hydroxyl groups excluding tert-OH is 3. The van der Waals surface area contributed by atoms with Crippen molar-refractivity contribution in [2.75, 3.05) is 18.9 Å². The molecule has 14 heteroatoms. The first-order chi connectivity index (χ1) is 34.0. The number of aliphatic hydroxyl groups is 3. The summed E-state index contributed by atoms with van der Waals surface area (Å²) in [5.41, 5.74) is 8.77. The number of phenolic OH excluding ortho intramolecular Hbond substituents is 2. The molecule has 6 aliphatic rings. The van der Waals surface area contributed by atoms with Crippen molar-refractivity contribution in [3.8, 4) is 45.4 Å². The molecular formula is C56H57NO9S4. The molecule has 2 saturated heterocycles. The van der Waals surface area contributed by atoms with Gasteiger partial charge in [0.15, 0.2) is 5.76 Å². The van der Waals surface area contributed by atoms with Crippen molar-refractivity contribution >= 4 is 71.0 Å². The fourth-order valence-electron chi connectivity index (χ4n) is 12.3. The second-order valence-electron chi connectivity index (χ2n) is 20.4. The molecule has 5 bridgehead atoms. The van der Waals surface area contributed by atoms with Crippen LogP contribution in [-0.2, 0) is 18.6 Å². The molecule has 1 aromatic heterocycles. The van der Waals surface area contributed by atoms with Crippen LogP contribution in [0.2, 0.25) is 0 Å². The van der Waals surface area contributed by atoms with Crippen molar-refractivity contribution < 1.29 is 39.8 Å². The van der Waals surface area contributed by atoms with Crippen molar-refractivity contribution in [1.29, 1.82) is 0 Å². The Labute approximate surface area is 422 Å². The lowest BCUT2D eigenvalue weighted by atomic mass is 9.69. The van der Waals surface area contributed by atoms with Gasteiger partial charge in [0.25, 0.3) is 0 Å². The largest absolute Gasteiger partial charge is 0.507 e. The van der Waals surface area contributed by atoms with Gasteiger partial charge < -0.3 is 45.1 Å². The highest BCUT2D eigenvalue weighted by Crippen LogP contribution is 2.60. The highest BCUT2D eigenvalue weighted by atomic mass is 33.1. The second-order valence-corrected chi connectivity index (χ2v) is 25.6. The van der Waals surface area contributed by atoms with Crippen LogP contribution in [0.25, 0.3) is 50.3 Å². The summed E-state index contributed by atoms with van der Waals surface area (Å²) in [4.78, 5) is 15.4.